The zero-order chi connectivity index (χ0) is 11.1. The molecule has 0 amide bonds. The fourth-order valence-corrected chi connectivity index (χ4v) is 3.11. The van der Waals surface area contributed by atoms with E-state index in [0.717, 1.165) is 26.0 Å². The van der Waals surface area contributed by atoms with Crippen molar-refractivity contribution in [1.29, 1.82) is 0 Å². The smallest absolute Gasteiger partial charge is 0.0615 e. The van der Waals surface area contributed by atoms with E-state index >= 15 is 0 Å². The molecule has 0 saturated heterocycles. The normalized spacial score (nSPS) is 13.0. The van der Waals surface area contributed by atoms with Crippen LogP contribution in [0.5, 0.6) is 0 Å². The first-order valence-electron chi connectivity index (χ1n) is 5.22. The fourth-order valence-electron chi connectivity index (χ4n) is 1.54. The second-order valence-electron chi connectivity index (χ2n) is 3.44. The van der Waals surface area contributed by atoms with E-state index in [9.17, 15) is 0 Å². The Labute approximate surface area is 104 Å². The van der Waals surface area contributed by atoms with Crippen LogP contribution in [0, 0.1) is 0 Å². The number of aryl methyl sites for hydroxylation is 1. The number of halogens is 1. The zero-order valence-corrected chi connectivity index (χ0v) is 11.7. The SMILES string of the molecule is CCNC(CCc1sccc1Br)COC. The van der Waals surface area contributed by atoms with Crippen LogP contribution in [0.1, 0.15) is 18.2 Å². The van der Waals surface area contributed by atoms with Crippen LogP contribution in [0.2, 0.25) is 0 Å². The summed E-state index contributed by atoms with van der Waals surface area (Å²) in [6.45, 7) is 3.92. The second kappa shape index (κ2) is 7.39. The molecular weight excluding hydrogens is 274 g/mol. The van der Waals surface area contributed by atoms with Gasteiger partial charge in [0.15, 0.2) is 0 Å². The number of ether oxygens (including phenoxy) is 1. The van der Waals surface area contributed by atoms with Crippen LogP contribution in [0.25, 0.3) is 0 Å². The molecule has 1 aromatic rings. The van der Waals surface area contributed by atoms with Gasteiger partial charge in [0.1, 0.15) is 0 Å². The molecular formula is C11H18BrNOS. The summed E-state index contributed by atoms with van der Waals surface area (Å²) in [5, 5.41) is 5.55. The van der Waals surface area contributed by atoms with Crippen LogP contribution in [-0.4, -0.2) is 26.3 Å². The first-order chi connectivity index (χ1) is 7.27. The van der Waals surface area contributed by atoms with Crippen molar-refractivity contribution in [3.63, 3.8) is 0 Å². The molecule has 0 aliphatic carbocycles. The van der Waals surface area contributed by atoms with E-state index in [1.807, 2.05) is 11.3 Å². The summed E-state index contributed by atoms with van der Waals surface area (Å²) in [6, 6.07) is 2.58. The second-order valence-corrected chi connectivity index (χ2v) is 5.30. The van der Waals surface area contributed by atoms with Crippen molar-refractivity contribution in [3.8, 4) is 0 Å². The highest BCUT2D eigenvalue weighted by Crippen LogP contribution is 2.24. The van der Waals surface area contributed by atoms with Gasteiger partial charge in [-0.05, 0) is 46.8 Å². The number of hydrogen-bond donors (Lipinski definition) is 1. The molecule has 0 bridgehead atoms. The Morgan fingerprint density at radius 1 is 1.60 bits per heavy atom. The average molecular weight is 292 g/mol. The lowest BCUT2D eigenvalue weighted by Crippen LogP contribution is -2.33. The summed E-state index contributed by atoms with van der Waals surface area (Å²) >= 11 is 5.37. The lowest BCUT2D eigenvalue weighted by Gasteiger charge is -2.16. The third-order valence-corrected chi connectivity index (χ3v) is 4.26. The monoisotopic (exact) mass is 291 g/mol. The maximum absolute atomic E-state index is 5.19. The molecule has 0 fully saturated rings. The lowest BCUT2D eigenvalue weighted by atomic mass is 10.1. The molecule has 1 unspecified atom stereocenters. The quantitative estimate of drug-likeness (QED) is 0.834. The molecule has 0 aromatic carbocycles. The highest BCUT2D eigenvalue weighted by atomic mass is 79.9. The van der Waals surface area contributed by atoms with Crippen molar-refractivity contribution in [2.75, 3.05) is 20.3 Å². The molecule has 86 valence electrons. The van der Waals surface area contributed by atoms with E-state index in [-0.39, 0.29) is 0 Å². The molecule has 1 N–H and O–H groups in total. The van der Waals surface area contributed by atoms with Crippen molar-refractivity contribution in [2.24, 2.45) is 0 Å². The van der Waals surface area contributed by atoms with E-state index in [1.54, 1.807) is 7.11 Å². The summed E-state index contributed by atoms with van der Waals surface area (Å²) in [5.74, 6) is 0. The molecule has 0 saturated carbocycles. The van der Waals surface area contributed by atoms with Crippen LogP contribution >= 0.6 is 27.3 Å². The average Bonchev–Trinajstić information content (AvgIpc) is 2.61. The van der Waals surface area contributed by atoms with Gasteiger partial charge < -0.3 is 10.1 Å². The minimum atomic E-state index is 0.467. The molecule has 0 spiro atoms. The third kappa shape index (κ3) is 4.64. The van der Waals surface area contributed by atoms with Crippen molar-refractivity contribution in [3.05, 3.63) is 20.8 Å². The third-order valence-electron chi connectivity index (χ3n) is 2.27. The number of hydrogen-bond acceptors (Lipinski definition) is 3. The first-order valence-corrected chi connectivity index (χ1v) is 6.89. The largest absolute Gasteiger partial charge is 0.383 e. The van der Waals surface area contributed by atoms with E-state index < -0.39 is 0 Å². The van der Waals surface area contributed by atoms with E-state index in [2.05, 4.69) is 39.6 Å². The lowest BCUT2D eigenvalue weighted by molar-refractivity contribution is 0.163. The molecule has 0 aliphatic rings. The van der Waals surface area contributed by atoms with Gasteiger partial charge in [-0.15, -0.1) is 11.3 Å². The molecule has 1 heterocycles. The number of likely N-dealkylation sites (N-methyl/N-ethyl adjacent to an activating group) is 1. The maximum Gasteiger partial charge on any atom is 0.0615 e. The van der Waals surface area contributed by atoms with Gasteiger partial charge in [0.25, 0.3) is 0 Å². The van der Waals surface area contributed by atoms with E-state index in [4.69, 9.17) is 4.74 Å². The Kier molecular flexibility index (Phi) is 6.48. The van der Waals surface area contributed by atoms with Crippen LogP contribution in [0.3, 0.4) is 0 Å². The van der Waals surface area contributed by atoms with E-state index in [1.165, 1.54) is 9.35 Å². The molecule has 15 heavy (non-hydrogen) atoms. The standard InChI is InChI=1S/C11H18BrNOS/c1-3-13-9(8-14-2)4-5-11-10(12)6-7-15-11/h6-7,9,13H,3-5,8H2,1-2H3. The van der Waals surface area contributed by atoms with Crippen LogP contribution in [0.4, 0.5) is 0 Å². The van der Waals surface area contributed by atoms with Gasteiger partial charge in [-0.2, -0.15) is 0 Å². The van der Waals surface area contributed by atoms with Crippen LogP contribution < -0.4 is 5.32 Å². The molecule has 1 aromatic heterocycles. The van der Waals surface area contributed by atoms with Gasteiger partial charge in [-0.1, -0.05) is 6.92 Å². The molecule has 1 rings (SSSR count). The minimum absolute atomic E-state index is 0.467. The van der Waals surface area contributed by atoms with Gasteiger partial charge in [0, 0.05) is 22.5 Å². The summed E-state index contributed by atoms with van der Waals surface area (Å²) in [4.78, 5) is 1.43. The topological polar surface area (TPSA) is 21.3 Å². The Balaban J connectivity index is 2.36. The molecule has 0 aliphatic heterocycles. The molecule has 1 atom stereocenters. The highest BCUT2D eigenvalue weighted by molar-refractivity contribution is 9.10. The number of rotatable bonds is 7. The fraction of sp³-hybridized carbons (Fsp3) is 0.636. The Bertz CT molecular complexity index is 271. The van der Waals surface area contributed by atoms with Crippen molar-refractivity contribution in [1.82, 2.24) is 5.32 Å². The molecule has 4 heteroatoms. The highest BCUT2D eigenvalue weighted by Gasteiger charge is 2.08. The minimum Gasteiger partial charge on any atom is -0.383 e. The van der Waals surface area contributed by atoms with Gasteiger partial charge >= 0.3 is 0 Å². The summed E-state index contributed by atoms with van der Waals surface area (Å²) < 4.78 is 6.42. The van der Waals surface area contributed by atoms with Crippen LogP contribution in [-0.2, 0) is 11.2 Å². The summed E-state index contributed by atoms with van der Waals surface area (Å²) in [5.41, 5.74) is 0. The van der Waals surface area contributed by atoms with Gasteiger partial charge in [0.05, 0.1) is 6.61 Å². The van der Waals surface area contributed by atoms with Gasteiger partial charge in [-0.3, -0.25) is 0 Å². The predicted octanol–water partition coefficient (Wildman–Crippen LogP) is 3.07. The molecule has 0 radical (unpaired) electrons. The van der Waals surface area contributed by atoms with Gasteiger partial charge in [0.2, 0.25) is 0 Å². The van der Waals surface area contributed by atoms with Gasteiger partial charge in [-0.25, -0.2) is 0 Å². The first kappa shape index (κ1) is 13.2. The summed E-state index contributed by atoms with van der Waals surface area (Å²) in [6.07, 6.45) is 2.24. The van der Waals surface area contributed by atoms with Crippen LogP contribution in [0.15, 0.2) is 15.9 Å². The Morgan fingerprint density at radius 3 is 2.93 bits per heavy atom. The van der Waals surface area contributed by atoms with Crippen molar-refractivity contribution >= 4 is 27.3 Å². The summed E-state index contributed by atoms with van der Waals surface area (Å²) in [7, 11) is 1.76. The Hall–Kier alpha value is 0.1000. The van der Waals surface area contributed by atoms with Crippen molar-refractivity contribution in [2.45, 2.75) is 25.8 Å². The zero-order valence-electron chi connectivity index (χ0n) is 9.25. The number of nitrogens with one attached hydrogen (secondary N) is 1. The predicted molar refractivity (Wildman–Crippen MR) is 69.7 cm³/mol. The van der Waals surface area contributed by atoms with Crippen molar-refractivity contribution < 1.29 is 4.74 Å². The molecule has 2 nitrogen and oxygen atoms in total. The Morgan fingerprint density at radius 2 is 2.40 bits per heavy atom. The number of thiophene rings is 1. The van der Waals surface area contributed by atoms with E-state index in [0.29, 0.717) is 6.04 Å². The number of methoxy groups -OCH3 is 1. The maximum atomic E-state index is 5.19.